The standard InChI is InChI=1S/C15H13FN4OS/c1-9-7-11(14(21)18-15-19-17-8-22-15)10(2)20(9)13-6-4-3-5-12(13)16/h3-8H,1-2H3,(H,18,19,21). The molecule has 0 unspecified atom stereocenters. The van der Waals surface area contributed by atoms with Gasteiger partial charge in [0.1, 0.15) is 11.3 Å². The quantitative estimate of drug-likeness (QED) is 0.806. The maximum atomic E-state index is 14.0. The lowest BCUT2D eigenvalue weighted by Crippen LogP contribution is -2.13. The van der Waals surface area contributed by atoms with Gasteiger partial charge < -0.3 is 4.57 Å². The Hall–Kier alpha value is -2.54. The maximum Gasteiger partial charge on any atom is 0.259 e. The summed E-state index contributed by atoms with van der Waals surface area (Å²) in [6, 6.07) is 8.21. The van der Waals surface area contributed by atoms with Crippen LogP contribution in [0, 0.1) is 19.7 Å². The van der Waals surface area contributed by atoms with Gasteiger partial charge in [-0.2, -0.15) is 0 Å². The molecular formula is C15H13FN4OS. The third kappa shape index (κ3) is 2.50. The van der Waals surface area contributed by atoms with Crippen molar-refractivity contribution in [3.8, 4) is 5.69 Å². The molecule has 0 saturated carbocycles. The number of hydrogen-bond donors (Lipinski definition) is 1. The molecule has 0 saturated heterocycles. The molecule has 0 atom stereocenters. The molecule has 1 aromatic carbocycles. The highest BCUT2D eigenvalue weighted by molar-refractivity contribution is 7.13. The SMILES string of the molecule is Cc1cc(C(=O)Nc2nncs2)c(C)n1-c1ccccc1F. The summed E-state index contributed by atoms with van der Waals surface area (Å²) in [4.78, 5) is 12.3. The number of carbonyl (C=O) groups is 1. The van der Waals surface area contributed by atoms with E-state index in [-0.39, 0.29) is 11.7 Å². The van der Waals surface area contributed by atoms with Gasteiger partial charge in [-0.15, -0.1) is 10.2 Å². The molecule has 3 rings (SSSR count). The monoisotopic (exact) mass is 316 g/mol. The van der Waals surface area contributed by atoms with E-state index in [0.717, 1.165) is 5.69 Å². The number of rotatable bonds is 3. The molecule has 7 heteroatoms. The molecule has 0 aliphatic carbocycles. The molecule has 0 aliphatic rings. The average molecular weight is 316 g/mol. The molecule has 0 radical (unpaired) electrons. The van der Waals surface area contributed by atoms with Gasteiger partial charge >= 0.3 is 0 Å². The number of amides is 1. The molecule has 3 aromatic rings. The topological polar surface area (TPSA) is 59.8 Å². The summed E-state index contributed by atoms with van der Waals surface area (Å²) in [7, 11) is 0. The first-order valence-electron chi connectivity index (χ1n) is 6.59. The summed E-state index contributed by atoms with van der Waals surface area (Å²) in [5, 5.41) is 10.6. The molecule has 0 aliphatic heterocycles. The van der Waals surface area contributed by atoms with E-state index in [2.05, 4.69) is 15.5 Å². The van der Waals surface area contributed by atoms with Crippen LogP contribution < -0.4 is 5.32 Å². The molecule has 2 heterocycles. The van der Waals surface area contributed by atoms with Crippen molar-refractivity contribution in [2.24, 2.45) is 0 Å². The first-order chi connectivity index (χ1) is 10.6. The Labute approximate surface area is 130 Å². The maximum absolute atomic E-state index is 14.0. The largest absolute Gasteiger partial charge is 0.315 e. The zero-order chi connectivity index (χ0) is 15.7. The van der Waals surface area contributed by atoms with Crippen molar-refractivity contribution in [1.29, 1.82) is 0 Å². The lowest BCUT2D eigenvalue weighted by atomic mass is 10.2. The van der Waals surface area contributed by atoms with Crippen LogP contribution in [-0.2, 0) is 0 Å². The Balaban J connectivity index is 2.00. The van der Waals surface area contributed by atoms with Gasteiger partial charge in [0.05, 0.1) is 11.3 Å². The van der Waals surface area contributed by atoms with Crippen molar-refractivity contribution in [1.82, 2.24) is 14.8 Å². The fourth-order valence-electron chi connectivity index (χ4n) is 2.39. The van der Waals surface area contributed by atoms with E-state index in [1.807, 2.05) is 6.92 Å². The number of benzene rings is 1. The number of carbonyl (C=O) groups excluding carboxylic acids is 1. The minimum atomic E-state index is -0.333. The van der Waals surface area contributed by atoms with E-state index in [9.17, 15) is 9.18 Å². The molecule has 0 fully saturated rings. The number of aromatic nitrogens is 3. The highest BCUT2D eigenvalue weighted by atomic mass is 32.1. The first kappa shape index (κ1) is 14.4. The summed E-state index contributed by atoms with van der Waals surface area (Å²) in [5.74, 6) is -0.618. The summed E-state index contributed by atoms with van der Waals surface area (Å²) in [6.45, 7) is 3.62. The van der Waals surface area contributed by atoms with E-state index in [1.165, 1.54) is 22.9 Å². The van der Waals surface area contributed by atoms with Gasteiger partial charge in [-0.1, -0.05) is 23.5 Å². The Bertz CT molecular complexity index is 826. The summed E-state index contributed by atoms with van der Waals surface area (Å²) >= 11 is 1.24. The van der Waals surface area contributed by atoms with Crippen LogP contribution in [0.3, 0.4) is 0 Å². The predicted octanol–water partition coefficient (Wildman–Crippen LogP) is 3.34. The summed E-state index contributed by atoms with van der Waals surface area (Å²) < 4.78 is 15.7. The number of halogens is 1. The lowest BCUT2D eigenvalue weighted by molar-refractivity contribution is 0.102. The smallest absolute Gasteiger partial charge is 0.259 e. The zero-order valence-corrected chi connectivity index (χ0v) is 12.8. The minimum Gasteiger partial charge on any atom is -0.315 e. The van der Waals surface area contributed by atoms with E-state index >= 15 is 0 Å². The van der Waals surface area contributed by atoms with Crippen LogP contribution in [0.4, 0.5) is 9.52 Å². The van der Waals surface area contributed by atoms with Crippen LogP contribution in [0.15, 0.2) is 35.8 Å². The fourth-order valence-corrected chi connectivity index (χ4v) is 2.83. The number of nitrogens with one attached hydrogen (secondary N) is 1. The van der Waals surface area contributed by atoms with Crippen molar-refractivity contribution in [2.45, 2.75) is 13.8 Å². The second-order valence-electron chi connectivity index (χ2n) is 4.77. The fraction of sp³-hybridized carbons (Fsp3) is 0.133. The van der Waals surface area contributed by atoms with Crippen molar-refractivity contribution in [3.05, 3.63) is 58.6 Å². The van der Waals surface area contributed by atoms with Gasteiger partial charge in [0, 0.05) is 11.4 Å². The molecule has 5 nitrogen and oxygen atoms in total. The first-order valence-corrected chi connectivity index (χ1v) is 7.47. The van der Waals surface area contributed by atoms with Gasteiger partial charge in [-0.3, -0.25) is 10.1 Å². The molecule has 22 heavy (non-hydrogen) atoms. The van der Waals surface area contributed by atoms with Gasteiger partial charge in [0.2, 0.25) is 5.13 Å². The molecule has 0 bridgehead atoms. The normalized spacial score (nSPS) is 10.7. The summed E-state index contributed by atoms with van der Waals surface area (Å²) in [6.07, 6.45) is 0. The molecule has 2 aromatic heterocycles. The van der Waals surface area contributed by atoms with Gasteiger partial charge in [-0.25, -0.2) is 4.39 Å². The van der Waals surface area contributed by atoms with E-state index < -0.39 is 0 Å². The Morgan fingerprint density at radius 1 is 1.32 bits per heavy atom. The lowest BCUT2D eigenvalue weighted by Gasteiger charge is -2.10. The van der Waals surface area contributed by atoms with Crippen molar-refractivity contribution in [2.75, 3.05) is 5.32 Å². The average Bonchev–Trinajstić information content (AvgIpc) is 3.08. The number of hydrogen-bond acceptors (Lipinski definition) is 4. The molecular weight excluding hydrogens is 303 g/mol. The zero-order valence-electron chi connectivity index (χ0n) is 12.0. The molecule has 1 N–H and O–H groups in total. The van der Waals surface area contributed by atoms with Crippen LogP contribution in [0.1, 0.15) is 21.7 Å². The Morgan fingerprint density at radius 2 is 2.09 bits per heavy atom. The second-order valence-corrected chi connectivity index (χ2v) is 5.60. The highest BCUT2D eigenvalue weighted by Gasteiger charge is 2.18. The van der Waals surface area contributed by atoms with Crippen molar-refractivity contribution < 1.29 is 9.18 Å². The predicted molar refractivity (Wildman–Crippen MR) is 83.1 cm³/mol. The Morgan fingerprint density at radius 3 is 2.77 bits per heavy atom. The van der Waals surface area contributed by atoms with Crippen molar-refractivity contribution in [3.63, 3.8) is 0 Å². The summed E-state index contributed by atoms with van der Waals surface area (Å²) in [5.41, 5.74) is 3.90. The molecule has 0 spiro atoms. The number of nitrogens with zero attached hydrogens (tertiary/aromatic N) is 3. The second kappa shape index (κ2) is 5.69. The van der Waals surface area contributed by atoms with E-state index in [1.54, 1.807) is 35.8 Å². The third-order valence-electron chi connectivity index (χ3n) is 3.35. The Kier molecular flexibility index (Phi) is 3.72. The third-order valence-corrected chi connectivity index (χ3v) is 3.96. The van der Waals surface area contributed by atoms with E-state index in [0.29, 0.717) is 22.1 Å². The molecule has 1 amide bonds. The van der Waals surface area contributed by atoms with Crippen LogP contribution in [0.25, 0.3) is 5.69 Å². The number of anilines is 1. The minimum absolute atomic E-state index is 0.285. The van der Waals surface area contributed by atoms with Crippen LogP contribution in [0.2, 0.25) is 0 Å². The van der Waals surface area contributed by atoms with Gasteiger partial charge in [0.25, 0.3) is 5.91 Å². The van der Waals surface area contributed by atoms with Crippen LogP contribution in [0.5, 0.6) is 0 Å². The van der Waals surface area contributed by atoms with Gasteiger partial charge in [0.15, 0.2) is 0 Å². The van der Waals surface area contributed by atoms with E-state index in [4.69, 9.17) is 0 Å². The highest BCUT2D eigenvalue weighted by Crippen LogP contribution is 2.23. The van der Waals surface area contributed by atoms with Crippen LogP contribution in [-0.4, -0.2) is 20.7 Å². The van der Waals surface area contributed by atoms with Gasteiger partial charge in [-0.05, 0) is 32.0 Å². The molecule has 112 valence electrons. The van der Waals surface area contributed by atoms with Crippen molar-refractivity contribution >= 4 is 22.4 Å². The number of para-hydroxylation sites is 1. The number of aryl methyl sites for hydroxylation is 1. The van der Waals surface area contributed by atoms with Crippen LogP contribution >= 0.6 is 11.3 Å².